The molecule has 3 aliphatic carbocycles. The minimum absolute atomic E-state index is 0.0979. The molecule has 50 heavy (non-hydrogen) atoms. The lowest BCUT2D eigenvalue weighted by molar-refractivity contribution is -0.231. The number of aldehydes is 1. The highest BCUT2D eigenvalue weighted by Crippen LogP contribution is 2.65. The molecular formula is C37H52O12Si. The van der Waals surface area contributed by atoms with Gasteiger partial charge in [-0.2, -0.15) is 0 Å². The Labute approximate surface area is 294 Å². The van der Waals surface area contributed by atoms with Crippen LogP contribution in [-0.4, -0.2) is 95.8 Å². The minimum atomic E-state index is -2.75. The van der Waals surface area contributed by atoms with E-state index in [2.05, 4.69) is 0 Å². The zero-order valence-corrected chi connectivity index (χ0v) is 31.5. The number of hydrogen-bond donors (Lipinski definition) is 3. The molecule has 0 aromatic heterocycles. The predicted molar refractivity (Wildman–Crippen MR) is 183 cm³/mol. The van der Waals surface area contributed by atoms with Gasteiger partial charge < -0.3 is 38.8 Å². The smallest absolute Gasteiger partial charge is 0.338 e. The number of esters is 3. The second-order valence-electron chi connectivity index (χ2n) is 14.9. The molecule has 2 bridgehead atoms. The van der Waals surface area contributed by atoms with Crippen LogP contribution >= 0.6 is 0 Å². The van der Waals surface area contributed by atoms with Crippen LogP contribution in [0.1, 0.15) is 79.1 Å². The van der Waals surface area contributed by atoms with Gasteiger partial charge in [0.05, 0.1) is 29.1 Å². The van der Waals surface area contributed by atoms with Crippen molar-refractivity contribution in [3.63, 3.8) is 0 Å². The number of aliphatic hydroxyl groups is 3. The molecular weight excluding hydrogens is 664 g/mol. The molecule has 0 amide bonds. The van der Waals surface area contributed by atoms with Gasteiger partial charge in [0.25, 0.3) is 0 Å². The number of fused-ring (bicyclic) bond motifs is 3. The fraction of sp³-hybridized carbons (Fsp3) is 0.649. The van der Waals surface area contributed by atoms with Crippen LogP contribution in [0.2, 0.25) is 18.1 Å². The van der Waals surface area contributed by atoms with E-state index in [4.69, 9.17) is 18.6 Å². The molecule has 1 aromatic carbocycles. The molecule has 0 aliphatic heterocycles. The maximum Gasteiger partial charge on any atom is 0.338 e. The highest BCUT2D eigenvalue weighted by atomic mass is 28.4. The van der Waals surface area contributed by atoms with Crippen LogP contribution in [-0.2, 0) is 37.8 Å². The van der Waals surface area contributed by atoms with Crippen LogP contribution in [0.4, 0.5) is 0 Å². The molecule has 0 radical (unpaired) electrons. The average Bonchev–Trinajstić information content (AvgIpc) is 3.25. The van der Waals surface area contributed by atoms with Gasteiger partial charge in [0.15, 0.2) is 20.2 Å². The number of ether oxygens (including phenoxy) is 3. The second-order valence-corrected chi connectivity index (χ2v) is 19.6. The van der Waals surface area contributed by atoms with E-state index in [0.717, 1.165) is 13.8 Å². The quantitative estimate of drug-likeness (QED) is 0.0994. The monoisotopic (exact) mass is 716 g/mol. The summed E-state index contributed by atoms with van der Waals surface area (Å²) in [5.74, 6) is -6.55. The van der Waals surface area contributed by atoms with Crippen LogP contribution in [0.25, 0.3) is 0 Å². The Hall–Kier alpha value is -3.23. The summed E-state index contributed by atoms with van der Waals surface area (Å²) in [5, 5.41) is 37.6. The van der Waals surface area contributed by atoms with Crippen molar-refractivity contribution in [2.45, 2.75) is 122 Å². The molecule has 13 heteroatoms. The van der Waals surface area contributed by atoms with Crippen LogP contribution in [0, 0.1) is 22.7 Å². The first-order valence-electron chi connectivity index (χ1n) is 17.3. The maximum absolute atomic E-state index is 15.5. The molecule has 12 nitrogen and oxygen atoms in total. The second kappa shape index (κ2) is 14.1. The van der Waals surface area contributed by atoms with Gasteiger partial charge in [0.1, 0.15) is 30.2 Å². The Morgan fingerprint density at radius 1 is 0.940 bits per heavy atom. The fourth-order valence-corrected chi connectivity index (χ4v) is 11.9. The normalized spacial score (nSPS) is 35.0. The van der Waals surface area contributed by atoms with Gasteiger partial charge in [-0.1, -0.05) is 52.8 Å². The molecule has 2 fully saturated rings. The van der Waals surface area contributed by atoms with E-state index in [1.807, 2.05) is 20.8 Å². The lowest BCUT2D eigenvalue weighted by Crippen LogP contribution is -2.71. The van der Waals surface area contributed by atoms with Crippen molar-refractivity contribution < 1.29 is 57.9 Å². The van der Waals surface area contributed by atoms with Gasteiger partial charge in [-0.05, 0) is 55.3 Å². The number of hydrogen-bond acceptors (Lipinski definition) is 12. The van der Waals surface area contributed by atoms with Crippen LogP contribution < -0.4 is 0 Å². The molecule has 0 unspecified atom stereocenters. The Bertz CT molecular complexity index is 1530. The van der Waals surface area contributed by atoms with Gasteiger partial charge in [-0.3, -0.25) is 14.4 Å². The molecule has 0 spiro atoms. The number of ketones is 1. The van der Waals surface area contributed by atoms with Crippen molar-refractivity contribution in [3.05, 3.63) is 47.0 Å². The third-order valence-corrected chi connectivity index (χ3v) is 16.8. The summed E-state index contributed by atoms with van der Waals surface area (Å²) in [6.07, 6.45) is -6.26. The molecule has 3 N–H and O–H groups in total. The number of rotatable bonds is 11. The van der Waals surface area contributed by atoms with Crippen molar-refractivity contribution in [1.82, 2.24) is 0 Å². The van der Waals surface area contributed by atoms with Crippen molar-refractivity contribution >= 4 is 38.3 Å². The third kappa shape index (κ3) is 6.08. The standard InChI is InChI=1S/C37H52O12Si/c1-10-50(11-2,12-3)49-31-25(19-38)36(44,20-46-22(5)39)29-32(48-33(43)24-16-14-13-15-17-24)37(45)18-26(41)21(4)27(34(37,7)8)28(47-23(6)40)30(42)35(29,31)9/h13-17,19,25-26,28-29,31-32,41,44-45H,10-12,18,20H2,1-9H3/t25-,26-,28+,29-,31-,32-,35+,36+,37+/m0/s1. The number of carbonyl (C=O) groups excluding carboxylic acids is 5. The zero-order chi connectivity index (χ0) is 37.6. The van der Waals surface area contributed by atoms with Crippen molar-refractivity contribution in [2.24, 2.45) is 22.7 Å². The number of carbonyl (C=O) groups is 5. The first kappa shape index (κ1) is 39.6. The zero-order valence-electron chi connectivity index (χ0n) is 30.5. The Morgan fingerprint density at radius 3 is 2.02 bits per heavy atom. The van der Waals surface area contributed by atoms with E-state index in [1.54, 1.807) is 39.0 Å². The summed E-state index contributed by atoms with van der Waals surface area (Å²) in [5.41, 5.74) is -7.81. The molecule has 2 saturated carbocycles. The average molecular weight is 717 g/mol. The number of Topliss-reactive ketones (excluding diaryl/α,β-unsaturated/α-hetero) is 1. The van der Waals surface area contributed by atoms with Crippen molar-refractivity contribution in [1.29, 1.82) is 0 Å². The lowest BCUT2D eigenvalue weighted by Gasteiger charge is -2.59. The minimum Gasteiger partial charge on any atom is -0.463 e. The summed E-state index contributed by atoms with van der Waals surface area (Å²) < 4.78 is 24.5. The topological polar surface area (TPSA) is 183 Å². The molecule has 9 atom stereocenters. The van der Waals surface area contributed by atoms with Gasteiger partial charge in [0.2, 0.25) is 0 Å². The molecule has 1 aromatic rings. The first-order chi connectivity index (χ1) is 23.3. The van der Waals surface area contributed by atoms with E-state index in [1.165, 1.54) is 19.1 Å². The summed E-state index contributed by atoms with van der Waals surface area (Å²) in [6.45, 7) is 13.5. The van der Waals surface area contributed by atoms with Crippen molar-refractivity contribution in [3.8, 4) is 0 Å². The summed E-state index contributed by atoms with van der Waals surface area (Å²) in [6, 6.07) is 9.69. The molecule has 276 valence electrons. The molecule has 4 rings (SSSR count). The number of aliphatic hydroxyl groups excluding tert-OH is 1. The van der Waals surface area contributed by atoms with Gasteiger partial charge >= 0.3 is 17.9 Å². The fourth-order valence-electron chi connectivity index (χ4n) is 8.97. The van der Waals surface area contributed by atoms with E-state index < -0.39 is 103 Å². The summed E-state index contributed by atoms with van der Waals surface area (Å²) in [4.78, 5) is 67.9. The lowest BCUT2D eigenvalue weighted by atomic mass is 9.50. The van der Waals surface area contributed by atoms with Gasteiger partial charge in [-0.15, -0.1) is 0 Å². The molecule has 0 saturated heterocycles. The summed E-state index contributed by atoms with van der Waals surface area (Å²) in [7, 11) is -2.75. The molecule has 3 aliphatic rings. The summed E-state index contributed by atoms with van der Waals surface area (Å²) >= 11 is 0. The Balaban J connectivity index is 2.19. The largest absolute Gasteiger partial charge is 0.463 e. The molecule has 0 heterocycles. The highest BCUT2D eigenvalue weighted by Gasteiger charge is 2.78. The van der Waals surface area contributed by atoms with Crippen molar-refractivity contribution in [2.75, 3.05) is 6.61 Å². The highest BCUT2D eigenvalue weighted by molar-refractivity contribution is 6.73. The van der Waals surface area contributed by atoms with E-state index in [9.17, 15) is 34.5 Å². The van der Waals surface area contributed by atoms with Gasteiger partial charge in [0, 0.05) is 31.6 Å². The van der Waals surface area contributed by atoms with E-state index in [-0.39, 0.29) is 16.7 Å². The van der Waals surface area contributed by atoms with Gasteiger partial charge in [-0.25, -0.2) is 4.79 Å². The van der Waals surface area contributed by atoms with Crippen LogP contribution in [0.3, 0.4) is 0 Å². The SMILES string of the molecule is CC[Si](CC)(CC)O[C@H]1[C@H](C=O)[C@](O)(COC(C)=O)[C@H]2[C@H](OC(=O)c3ccccc3)[C@]3(O)C[C@H](O)C(C)=C([C@@H](OC(C)=O)C(=O)[C@@]21C)C3(C)C. The Kier molecular flexibility index (Phi) is 11.1. The van der Waals surface area contributed by atoms with Crippen LogP contribution in [0.5, 0.6) is 0 Å². The first-order valence-corrected chi connectivity index (χ1v) is 19.9. The third-order valence-electron chi connectivity index (χ3n) is 12.2. The van der Waals surface area contributed by atoms with E-state index >= 15 is 4.79 Å². The Morgan fingerprint density at radius 2 is 1.52 bits per heavy atom. The maximum atomic E-state index is 15.5. The van der Waals surface area contributed by atoms with E-state index in [0.29, 0.717) is 24.4 Å². The number of benzene rings is 1. The van der Waals surface area contributed by atoms with Crippen LogP contribution in [0.15, 0.2) is 41.5 Å². The predicted octanol–water partition coefficient (Wildman–Crippen LogP) is 3.70.